The monoisotopic (exact) mass is 494 g/mol. The largest absolute Gasteiger partial charge is 1.00 e. The van der Waals surface area contributed by atoms with Gasteiger partial charge in [-0.05, 0) is 30.5 Å². The Balaban J connectivity index is 0.00000218. The van der Waals surface area contributed by atoms with Gasteiger partial charge >= 0.3 is 6.09 Å². The minimum atomic E-state index is -0.428. The highest BCUT2D eigenvalue weighted by Crippen LogP contribution is 2.48. The third-order valence-electron chi connectivity index (χ3n) is 7.35. The summed E-state index contributed by atoms with van der Waals surface area (Å²) < 4.78 is 21.9. The fraction of sp³-hybridized carbons (Fsp3) is 0.522. The van der Waals surface area contributed by atoms with E-state index in [0.29, 0.717) is 18.5 Å². The molecule has 1 aromatic heterocycles. The van der Waals surface area contributed by atoms with Gasteiger partial charge in [-0.1, -0.05) is 18.2 Å². The fourth-order valence-corrected chi connectivity index (χ4v) is 6.32. The molecule has 1 amide bonds. The van der Waals surface area contributed by atoms with Crippen LogP contribution in [0.3, 0.4) is 0 Å². The van der Waals surface area contributed by atoms with Gasteiger partial charge in [0.2, 0.25) is 0 Å². The van der Waals surface area contributed by atoms with Crippen LogP contribution in [0.2, 0.25) is 0 Å². The summed E-state index contributed by atoms with van der Waals surface area (Å²) in [6.45, 7) is 5.02. The van der Waals surface area contributed by atoms with E-state index in [-0.39, 0.29) is 28.8 Å². The lowest BCUT2D eigenvalue weighted by molar-refractivity contribution is -0.977. The van der Waals surface area contributed by atoms with Crippen LogP contribution in [-0.4, -0.2) is 41.9 Å². The van der Waals surface area contributed by atoms with Crippen molar-refractivity contribution in [3.8, 4) is 0 Å². The molecule has 1 aromatic carbocycles. The van der Waals surface area contributed by atoms with Gasteiger partial charge in [0, 0.05) is 36.5 Å². The van der Waals surface area contributed by atoms with Crippen LogP contribution in [0.4, 0.5) is 14.9 Å². The van der Waals surface area contributed by atoms with Crippen LogP contribution < -0.4 is 21.9 Å². The number of nitrogens with zero attached hydrogens (tertiary/aromatic N) is 2. The first kappa shape index (κ1) is 21.8. The number of hydrogen-bond acceptors (Lipinski definition) is 3. The van der Waals surface area contributed by atoms with Gasteiger partial charge in [0.25, 0.3) is 0 Å². The molecule has 7 heteroatoms. The van der Waals surface area contributed by atoms with Gasteiger partial charge in [-0.15, -0.1) is 11.3 Å². The zero-order valence-electron chi connectivity index (χ0n) is 17.2. The number of piperidine rings is 3. The minimum Gasteiger partial charge on any atom is -1.00 e. The number of amides is 1. The highest BCUT2D eigenvalue weighted by molar-refractivity contribution is 7.09. The van der Waals surface area contributed by atoms with Crippen molar-refractivity contribution < 1.29 is 35.4 Å². The number of thiophene rings is 1. The highest BCUT2D eigenvalue weighted by Gasteiger charge is 2.59. The summed E-state index contributed by atoms with van der Waals surface area (Å²) in [4.78, 5) is 15.8. The number of carbonyl (C=O) groups excluding carboxylic acids is 1. The Morgan fingerprint density at radius 1 is 1.17 bits per heavy atom. The summed E-state index contributed by atoms with van der Waals surface area (Å²) in [5, 5.41) is 1.97. The van der Waals surface area contributed by atoms with E-state index in [1.165, 1.54) is 36.9 Å². The summed E-state index contributed by atoms with van der Waals surface area (Å²) >= 11 is 1.56. The van der Waals surface area contributed by atoms with E-state index in [0.717, 1.165) is 28.2 Å². The van der Waals surface area contributed by atoms with Crippen molar-refractivity contribution >= 4 is 23.1 Å². The van der Waals surface area contributed by atoms with Crippen molar-refractivity contribution in [3.63, 3.8) is 0 Å². The standard InChI is InChI=1S/C23H28FN2O2S.BrH/c1-16-22(17-10-12-26(16,13-11-17)18-8-9-18)28-23(27)25(15-19-5-4-14-29-19)21-7-3-2-6-20(21)24;/h2-7,14,16-18,22H,8-13,15H2,1H3;1H/q+1;/p-1/t16-,17?,22?,26?;/m1./s1. The van der Waals surface area contributed by atoms with E-state index in [4.69, 9.17) is 4.74 Å². The molecule has 3 saturated heterocycles. The number of hydrogen-bond donors (Lipinski definition) is 0. The molecule has 1 saturated carbocycles. The summed E-state index contributed by atoms with van der Waals surface area (Å²) in [5.74, 6) is 0.0290. The molecule has 3 aliphatic heterocycles. The second-order valence-electron chi connectivity index (χ2n) is 8.82. The van der Waals surface area contributed by atoms with Crippen molar-refractivity contribution in [2.24, 2.45) is 5.92 Å². The molecule has 2 bridgehead atoms. The molecule has 4 fully saturated rings. The van der Waals surface area contributed by atoms with E-state index in [9.17, 15) is 9.18 Å². The normalized spacial score (nSPS) is 29.9. The molecule has 0 N–H and O–H groups in total. The number of carbonyl (C=O) groups is 1. The Kier molecular flexibility index (Phi) is 6.24. The average Bonchev–Trinajstić information content (AvgIpc) is 3.47. The quantitative estimate of drug-likeness (QED) is 0.596. The van der Waals surface area contributed by atoms with E-state index in [1.807, 2.05) is 17.5 Å². The number of anilines is 1. The van der Waals surface area contributed by atoms with Gasteiger partial charge in [0.1, 0.15) is 11.9 Å². The summed E-state index contributed by atoms with van der Waals surface area (Å²) in [6.07, 6.45) is 4.35. The molecule has 30 heavy (non-hydrogen) atoms. The number of rotatable bonds is 5. The molecule has 0 spiro atoms. The SMILES string of the molecule is C[C@@H]1C(OC(=O)N(Cc2cccs2)c2ccccc2F)C2CC[N+]1(C1CC1)CC2.[Br-]. The van der Waals surface area contributed by atoms with Crippen molar-refractivity contribution in [1.29, 1.82) is 0 Å². The number of para-hydroxylation sites is 1. The second kappa shape index (κ2) is 8.60. The number of halogens is 2. The van der Waals surface area contributed by atoms with Crippen LogP contribution >= 0.6 is 11.3 Å². The van der Waals surface area contributed by atoms with E-state index in [2.05, 4.69) is 6.92 Å². The van der Waals surface area contributed by atoms with Crippen molar-refractivity contribution in [2.45, 2.75) is 57.3 Å². The van der Waals surface area contributed by atoms with Crippen LogP contribution in [0.5, 0.6) is 0 Å². The van der Waals surface area contributed by atoms with Crippen LogP contribution in [0.1, 0.15) is 37.5 Å². The van der Waals surface area contributed by atoms with E-state index in [1.54, 1.807) is 29.5 Å². The molecule has 4 aliphatic rings. The lowest BCUT2D eigenvalue weighted by atomic mass is 9.78. The molecule has 0 radical (unpaired) electrons. The van der Waals surface area contributed by atoms with Gasteiger partial charge in [-0.2, -0.15) is 0 Å². The third kappa shape index (κ3) is 3.80. The predicted octanol–water partition coefficient (Wildman–Crippen LogP) is 2.19. The molecule has 6 rings (SSSR count). The molecule has 1 unspecified atom stereocenters. The fourth-order valence-electron chi connectivity index (χ4n) is 5.63. The number of ether oxygens (including phenoxy) is 1. The first-order valence-electron chi connectivity index (χ1n) is 10.7. The number of fused-ring (bicyclic) bond motifs is 3. The van der Waals surface area contributed by atoms with Crippen LogP contribution in [-0.2, 0) is 11.3 Å². The maximum Gasteiger partial charge on any atom is 0.415 e. The summed E-state index contributed by atoms with van der Waals surface area (Å²) in [5.41, 5.74) is 0.283. The van der Waals surface area contributed by atoms with Crippen LogP contribution in [0.25, 0.3) is 0 Å². The first-order chi connectivity index (χ1) is 14.1. The number of benzene rings is 1. The smallest absolute Gasteiger partial charge is 0.415 e. The molecule has 1 aliphatic carbocycles. The van der Waals surface area contributed by atoms with Crippen molar-refractivity contribution in [1.82, 2.24) is 0 Å². The molecule has 162 valence electrons. The summed E-state index contributed by atoms with van der Waals surface area (Å²) in [7, 11) is 0. The van der Waals surface area contributed by atoms with Crippen LogP contribution in [0.15, 0.2) is 41.8 Å². The maximum absolute atomic E-state index is 14.6. The van der Waals surface area contributed by atoms with E-state index >= 15 is 0 Å². The van der Waals surface area contributed by atoms with Gasteiger partial charge in [-0.25, -0.2) is 9.18 Å². The Hall–Kier alpha value is -1.44. The zero-order valence-corrected chi connectivity index (χ0v) is 19.6. The topological polar surface area (TPSA) is 29.5 Å². The maximum atomic E-state index is 14.6. The third-order valence-corrected chi connectivity index (χ3v) is 8.21. The Bertz CT molecular complexity index is 881. The van der Waals surface area contributed by atoms with Gasteiger partial charge in [-0.3, -0.25) is 4.90 Å². The second-order valence-corrected chi connectivity index (χ2v) is 9.86. The molecule has 4 heterocycles. The lowest BCUT2D eigenvalue weighted by Crippen LogP contribution is -3.00. The van der Waals surface area contributed by atoms with Crippen molar-refractivity contribution in [2.75, 3.05) is 18.0 Å². The lowest BCUT2D eigenvalue weighted by Gasteiger charge is -2.57. The van der Waals surface area contributed by atoms with Gasteiger partial charge < -0.3 is 26.2 Å². The Morgan fingerprint density at radius 3 is 2.53 bits per heavy atom. The molecule has 2 atom stereocenters. The van der Waals surface area contributed by atoms with Crippen LogP contribution in [0, 0.1) is 11.7 Å². The predicted molar refractivity (Wildman–Crippen MR) is 112 cm³/mol. The molecule has 4 nitrogen and oxygen atoms in total. The Labute approximate surface area is 192 Å². The Morgan fingerprint density at radius 2 is 1.90 bits per heavy atom. The molecule has 2 aromatic rings. The highest BCUT2D eigenvalue weighted by atomic mass is 79.9. The van der Waals surface area contributed by atoms with Gasteiger partial charge in [0.05, 0.1) is 31.4 Å². The van der Waals surface area contributed by atoms with E-state index < -0.39 is 11.9 Å². The van der Waals surface area contributed by atoms with Gasteiger partial charge in [0.15, 0.2) is 6.10 Å². The average molecular weight is 495 g/mol. The zero-order chi connectivity index (χ0) is 20.0. The first-order valence-corrected chi connectivity index (χ1v) is 11.6. The summed E-state index contributed by atoms with van der Waals surface area (Å²) in [6, 6.07) is 11.4. The molecular formula is C23H28BrFN2O2S. The molecular weight excluding hydrogens is 467 g/mol. The van der Waals surface area contributed by atoms with Crippen molar-refractivity contribution in [3.05, 3.63) is 52.5 Å². The minimum absolute atomic E-state index is 0. The number of quaternary nitrogens is 1.